The van der Waals surface area contributed by atoms with Gasteiger partial charge in [-0.3, -0.25) is 4.79 Å². The lowest BCUT2D eigenvalue weighted by Crippen LogP contribution is -3.00. The predicted octanol–water partition coefficient (Wildman–Crippen LogP) is -0.430. The third-order valence-corrected chi connectivity index (χ3v) is 5.22. The molecule has 4 nitrogen and oxygen atoms in total. The summed E-state index contributed by atoms with van der Waals surface area (Å²) in [6.07, 6.45) is 7.28. The molecular formula is C14H24ClN3OS. The topological polar surface area (TPSA) is 46.9 Å². The van der Waals surface area contributed by atoms with Gasteiger partial charge in [-0.05, 0) is 18.3 Å². The molecule has 114 valence electrons. The van der Waals surface area contributed by atoms with Crippen molar-refractivity contribution in [3.63, 3.8) is 0 Å². The highest BCUT2D eigenvalue weighted by Gasteiger charge is 2.28. The first-order valence-corrected chi connectivity index (χ1v) is 7.96. The Kier molecular flexibility index (Phi) is 6.89. The Bertz CT molecular complexity index is 444. The van der Waals surface area contributed by atoms with E-state index in [0.29, 0.717) is 23.6 Å². The number of aromatic nitrogens is 2. The van der Waals surface area contributed by atoms with Crippen LogP contribution in [0.3, 0.4) is 0 Å². The minimum absolute atomic E-state index is 0. The van der Waals surface area contributed by atoms with Crippen molar-refractivity contribution in [2.45, 2.75) is 44.3 Å². The van der Waals surface area contributed by atoms with Crippen LogP contribution in [0.15, 0.2) is 17.6 Å². The molecule has 0 bridgehead atoms. The predicted molar refractivity (Wildman–Crippen MR) is 79.2 cm³/mol. The largest absolute Gasteiger partial charge is 1.00 e. The fraction of sp³-hybridized carbons (Fsp3) is 0.714. The summed E-state index contributed by atoms with van der Waals surface area (Å²) >= 11 is 1.49. The van der Waals surface area contributed by atoms with E-state index in [9.17, 15) is 4.79 Å². The normalized spacial score (nSPS) is 25.9. The van der Waals surface area contributed by atoms with Crippen LogP contribution in [0.1, 0.15) is 34.5 Å². The van der Waals surface area contributed by atoms with Crippen molar-refractivity contribution in [3.05, 3.63) is 12.4 Å². The van der Waals surface area contributed by atoms with Crippen LogP contribution in [0.4, 0.5) is 0 Å². The Morgan fingerprint density at radius 1 is 1.55 bits per heavy atom. The van der Waals surface area contributed by atoms with Crippen molar-refractivity contribution in [3.8, 4) is 0 Å². The molecular weight excluding hydrogens is 294 g/mol. The van der Waals surface area contributed by atoms with E-state index in [4.69, 9.17) is 0 Å². The summed E-state index contributed by atoms with van der Waals surface area (Å²) in [5, 5.41) is 4.07. The number of nitrogens with zero attached hydrogens (tertiary/aromatic N) is 2. The SMILES string of the molecule is CC1CCCC(NC(=O)CSc2nccn2C)C1C.[Cl-].[H+]. The molecule has 1 heterocycles. The summed E-state index contributed by atoms with van der Waals surface area (Å²) in [4.78, 5) is 16.2. The molecule has 1 N–H and O–H groups in total. The molecule has 1 amide bonds. The van der Waals surface area contributed by atoms with Crippen molar-refractivity contribution < 1.29 is 18.6 Å². The van der Waals surface area contributed by atoms with Crippen LogP contribution in [-0.4, -0.2) is 27.3 Å². The number of hydrogen-bond acceptors (Lipinski definition) is 3. The smallest absolute Gasteiger partial charge is 1.00 e. The van der Waals surface area contributed by atoms with Gasteiger partial charge in [0.2, 0.25) is 5.91 Å². The van der Waals surface area contributed by atoms with Crippen LogP contribution in [-0.2, 0) is 11.8 Å². The molecule has 3 unspecified atom stereocenters. The van der Waals surface area contributed by atoms with Gasteiger partial charge in [-0.2, -0.15) is 0 Å². The zero-order valence-corrected chi connectivity index (χ0v) is 13.9. The van der Waals surface area contributed by atoms with Gasteiger partial charge in [0.25, 0.3) is 0 Å². The molecule has 1 aromatic rings. The van der Waals surface area contributed by atoms with Crippen molar-refractivity contribution in [2.75, 3.05) is 5.75 Å². The lowest BCUT2D eigenvalue weighted by Gasteiger charge is -2.34. The van der Waals surface area contributed by atoms with Gasteiger partial charge in [0, 0.05) is 25.5 Å². The van der Waals surface area contributed by atoms with Crippen molar-refractivity contribution in [1.29, 1.82) is 0 Å². The second-order valence-electron chi connectivity index (χ2n) is 5.55. The fourth-order valence-electron chi connectivity index (χ4n) is 2.66. The lowest BCUT2D eigenvalue weighted by molar-refractivity contribution is -0.120. The Labute approximate surface area is 133 Å². The van der Waals surface area contributed by atoms with Gasteiger partial charge in [-0.15, -0.1) is 0 Å². The van der Waals surface area contributed by atoms with Gasteiger partial charge >= 0.3 is 1.43 Å². The molecule has 1 fully saturated rings. The maximum atomic E-state index is 12.0. The maximum absolute atomic E-state index is 12.0. The Morgan fingerprint density at radius 2 is 2.30 bits per heavy atom. The molecule has 0 spiro atoms. The molecule has 1 aromatic heterocycles. The average Bonchev–Trinajstić information content (AvgIpc) is 2.78. The second kappa shape index (κ2) is 7.93. The molecule has 20 heavy (non-hydrogen) atoms. The molecule has 0 aliphatic heterocycles. The van der Waals surface area contributed by atoms with Crippen LogP contribution >= 0.6 is 11.8 Å². The Balaban J connectivity index is 0.00000200. The van der Waals surface area contributed by atoms with E-state index in [-0.39, 0.29) is 19.7 Å². The number of thioether (sulfide) groups is 1. The van der Waals surface area contributed by atoms with E-state index in [1.807, 2.05) is 17.8 Å². The van der Waals surface area contributed by atoms with Crippen LogP contribution in [0.5, 0.6) is 0 Å². The molecule has 3 atom stereocenters. The third kappa shape index (κ3) is 4.42. The first kappa shape index (κ1) is 17.4. The zero-order valence-electron chi connectivity index (χ0n) is 13.3. The number of amides is 1. The van der Waals surface area contributed by atoms with E-state index < -0.39 is 0 Å². The summed E-state index contributed by atoms with van der Waals surface area (Å²) in [6, 6.07) is 0.346. The second-order valence-corrected chi connectivity index (χ2v) is 6.49. The number of rotatable bonds is 4. The number of imidazole rings is 1. The van der Waals surface area contributed by atoms with Gasteiger partial charge in [0.1, 0.15) is 0 Å². The highest BCUT2D eigenvalue weighted by Crippen LogP contribution is 2.29. The highest BCUT2D eigenvalue weighted by molar-refractivity contribution is 7.99. The summed E-state index contributed by atoms with van der Waals surface area (Å²) < 4.78 is 1.93. The van der Waals surface area contributed by atoms with E-state index in [0.717, 1.165) is 11.6 Å². The minimum atomic E-state index is 0. The molecule has 1 saturated carbocycles. The number of aryl methyl sites for hydroxylation is 1. The van der Waals surface area contributed by atoms with Gasteiger partial charge in [0.15, 0.2) is 5.16 Å². The van der Waals surface area contributed by atoms with Crippen LogP contribution in [0.25, 0.3) is 0 Å². The van der Waals surface area contributed by atoms with Gasteiger partial charge in [-0.1, -0.05) is 38.5 Å². The monoisotopic (exact) mass is 317 g/mol. The standard InChI is InChI=1S/C14H23N3OS.ClH/c1-10-5-4-6-12(11(10)2)16-13(18)9-19-14-15-7-8-17(14)3;/h7-8,10-12H,4-6,9H2,1-3H3,(H,16,18);1H. The molecule has 0 saturated heterocycles. The Hall–Kier alpha value is -0.680. The summed E-state index contributed by atoms with van der Waals surface area (Å²) in [5.41, 5.74) is 0. The van der Waals surface area contributed by atoms with E-state index in [1.165, 1.54) is 24.6 Å². The quantitative estimate of drug-likeness (QED) is 0.767. The fourth-order valence-corrected chi connectivity index (χ4v) is 3.40. The average molecular weight is 318 g/mol. The molecule has 0 radical (unpaired) electrons. The molecule has 0 aromatic carbocycles. The highest BCUT2D eigenvalue weighted by atomic mass is 35.5. The van der Waals surface area contributed by atoms with Crippen LogP contribution < -0.4 is 17.7 Å². The number of nitrogens with one attached hydrogen (secondary N) is 1. The first-order chi connectivity index (χ1) is 9.08. The maximum Gasteiger partial charge on any atom is 1.00 e. The first-order valence-electron chi connectivity index (χ1n) is 6.97. The van der Waals surface area contributed by atoms with Crippen molar-refractivity contribution in [2.24, 2.45) is 18.9 Å². The summed E-state index contributed by atoms with van der Waals surface area (Å²) in [7, 11) is 1.94. The van der Waals surface area contributed by atoms with E-state index in [1.54, 1.807) is 6.20 Å². The summed E-state index contributed by atoms with van der Waals surface area (Å²) in [5.74, 6) is 1.86. The third-order valence-electron chi connectivity index (χ3n) is 4.16. The molecule has 6 heteroatoms. The van der Waals surface area contributed by atoms with E-state index >= 15 is 0 Å². The van der Waals surface area contributed by atoms with E-state index in [2.05, 4.69) is 24.1 Å². The Morgan fingerprint density at radius 3 is 2.95 bits per heavy atom. The van der Waals surface area contributed by atoms with Crippen LogP contribution in [0.2, 0.25) is 0 Å². The summed E-state index contributed by atoms with van der Waals surface area (Å²) in [6.45, 7) is 4.53. The molecule has 1 aliphatic rings. The number of hydrogen-bond donors (Lipinski definition) is 1. The minimum Gasteiger partial charge on any atom is -1.00 e. The molecule has 1 aliphatic carbocycles. The number of carbonyl (C=O) groups is 1. The zero-order chi connectivity index (χ0) is 13.8. The van der Waals surface area contributed by atoms with Crippen molar-refractivity contribution in [1.82, 2.24) is 14.9 Å². The lowest BCUT2D eigenvalue weighted by atomic mass is 9.78. The van der Waals surface area contributed by atoms with Gasteiger partial charge < -0.3 is 22.3 Å². The van der Waals surface area contributed by atoms with Crippen LogP contribution in [0, 0.1) is 11.8 Å². The number of halogens is 1. The van der Waals surface area contributed by atoms with Gasteiger partial charge in [-0.25, -0.2) is 4.98 Å². The van der Waals surface area contributed by atoms with Gasteiger partial charge in [0.05, 0.1) is 5.75 Å². The number of carbonyl (C=O) groups excluding carboxylic acids is 1. The van der Waals surface area contributed by atoms with Crippen molar-refractivity contribution >= 4 is 17.7 Å². The molecule has 2 rings (SSSR count).